The van der Waals surface area contributed by atoms with Crippen LogP contribution >= 0.6 is 0 Å². The number of nitrogens with one attached hydrogen (secondary N) is 3. The highest BCUT2D eigenvalue weighted by molar-refractivity contribution is 6.05. The Hall–Kier alpha value is -5.18. The fraction of sp³-hybridized carbons (Fsp3) is 0.103. The predicted molar refractivity (Wildman–Crippen MR) is 155 cm³/mol. The summed E-state index contributed by atoms with van der Waals surface area (Å²) in [5.74, 6) is -0.356. The number of fused-ring (bicyclic) bond motifs is 1. The average molecular weight is 505 g/mol. The third-order valence-electron chi connectivity index (χ3n) is 6.00. The number of nitrogens with two attached hydrogens (primary N) is 1. The lowest BCUT2D eigenvalue weighted by Crippen LogP contribution is -2.15. The molecule has 0 aliphatic rings. The van der Waals surface area contributed by atoms with Crippen LogP contribution < -0.4 is 26.6 Å². The maximum atomic E-state index is 12.9. The lowest BCUT2D eigenvalue weighted by Gasteiger charge is -2.15. The van der Waals surface area contributed by atoms with E-state index in [1.807, 2.05) is 68.4 Å². The lowest BCUT2D eigenvalue weighted by molar-refractivity contribution is 0.102. The Labute approximate surface area is 220 Å². The van der Waals surface area contributed by atoms with Crippen LogP contribution in [0, 0.1) is 6.92 Å². The van der Waals surface area contributed by atoms with Gasteiger partial charge in [-0.25, -0.2) is 4.98 Å². The van der Waals surface area contributed by atoms with Gasteiger partial charge >= 0.3 is 0 Å². The molecule has 0 spiro atoms. The number of nitrogen functional groups attached to an aromatic ring is 1. The summed E-state index contributed by atoms with van der Waals surface area (Å²) in [5, 5.41) is 10.5. The third-order valence-corrected chi connectivity index (χ3v) is 6.00. The topological polar surface area (TPSA) is 121 Å². The second-order valence-electron chi connectivity index (χ2n) is 9.08. The molecule has 3 heterocycles. The van der Waals surface area contributed by atoms with Crippen molar-refractivity contribution in [2.75, 3.05) is 40.7 Å². The van der Waals surface area contributed by atoms with Crippen LogP contribution in [0.25, 0.3) is 10.9 Å². The number of hydrogen-bond donors (Lipinski definition) is 4. The number of rotatable bonds is 7. The molecular formula is C29H28N8O. The van der Waals surface area contributed by atoms with E-state index in [1.165, 1.54) is 0 Å². The summed E-state index contributed by atoms with van der Waals surface area (Å²) in [5.41, 5.74) is 13.5. The van der Waals surface area contributed by atoms with Gasteiger partial charge in [-0.15, -0.1) is 0 Å². The number of benzene rings is 2. The summed E-state index contributed by atoms with van der Waals surface area (Å²) in [4.78, 5) is 28.0. The van der Waals surface area contributed by atoms with E-state index < -0.39 is 0 Å². The first-order valence-corrected chi connectivity index (χ1v) is 12.1. The van der Waals surface area contributed by atoms with Crippen molar-refractivity contribution in [1.82, 2.24) is 15.0 Å². The normalized spacial score (nSPS) is 10.7. The first-order valence-electron chi connectivity index (χ1n) is 12.1. The number of pyridine rings is 3. The van der Waals surface area contributed by atoms with Crippen molar-refractivity contribution in [2.45, 2.75) is 6.92 Å². The zero-order valence-corrected chi connectivity index (χ0v) is 21.4. The highest BCUT2D eigenvalue weighted by Gasteiger charge is 2.12. The maximum absolute atomic E-state index is 12.9. The zero-order valence-electron chi connectivity index (χ0n) is 21.4. The van der Waals surface area contributed by atoms with E-state index in [-0.39, 0.29) is 11.6 Å². The van der Waals surface area contributed by atoms with E-state index in [4.69, 9.17) is 5.73 Å². The van der Waals surface area contributed by atoms with Gasteiger partial charge in [0, 0.05) is 60.3 Å². The van der Waals surface area contributed by atoms with Crippen LogP contribution in [0.2, 0.25) is 0 Å². The number of carbonyl (C=O) groups is 1. The van der Waals surface area contributed by atoms with Crippen molar-refractivity contribution in [1.29, 1.82) is 0 Å². The van der Waals surface area contributed by atoms with Crippen molar-refractivity contribution >= 4 is 56.6 Å². The van der Waals surface area contributed by atoms with Gasteiger partial charge in [-0.1, -0.05) is 0 Å². The van der Waals surface area contributed by atoms with E-state index in [2.05, 4.69) is 37.0 Å². The summed E-state index contributed by atoms with van der Waals surface area (Å²) in [6.45, 7) is 1.92. The van der Waals surface area contributed by atoms with Gasteiger partial charge in [0.15, 0.2) is 0 Å². The molecule has 0 aliphatic heterocycles. The SMILES string of the molecule is Cc1cc(Nc2ccc(N)c(NC(=O)c3ccc(Nc4ccnc5ccc(N(C)C)cc45)cn3)c2)ccn1. The van der Waals surface area contributed by atoms with Gasteiger partial charge in [0.05, 0.1) is 28.8 Å². The lowest BCUT2D eigenvalue weighted by atomic mass is 10.1. The molecule has 1 amide bonds. The molecule has 0 fully saturated rings. The molecule has 2 aromatic carbocycles. The van der Waals surface area contributed by atoms with Gasteiger partial charge in [0.2, 0.25) is 0 Å². The summed E-state index contributed by atoms with van der Waals surface area (Å²) in [6.07, 6.45) is 5.13. The van der Waals surface area contributed by atoms with Gasteiger partial charge < -0.3 is 26.6 Å². The van der Waals surface area contributed by atoms with Crippen LogP contribution in [-0.4, -0.2) is 35.0 Å². The van der Waals surface area contributed by atoms with Gasteiger partial charge in [-0.05, 0) is 73.7 Å². The Bertz CT molecular complexity index is 1620. The molecule has 38 heavy (non-hydrogen) atoms. The van der Waals surface area contributed by atoms with Gasteiger partial charge in [0.1, 0.15) is 5.69 Å². The van der Waals surface area contributed by atoms with Crippen molar-refractivity contribution in [3.05, 3.63) is 96.7 Å². The second kappa shape index (κ2) is 10.4. The number of aryl methyl sites for hydroxylation is 1. The standard InChI is InChI=1S/C29H28N8O/c1-18-14-20(10-12-31-18)34-19-4-7-24(30)28(15-19)36-29(38)27-8-5-21(17-33-27)35-26-11-13-32-25-9-6-22(37(2)3)16-23(25)26/h4-17H,30H2,1-3H3,(H,31,34)(H,32,35)(H,36,38). The predicted octanol–water partition coefficient (Wildman–Crippen LogP) is 5.72. The number of anilines is 7. The van der Waals surface area contributed by atoms with Crippen LogP contribution in [-0.2, 0) is 0 Å². The molecule has 0 radical (unpaired) electrons. The van der Waals surface area contributed by atoms with Crippen LogP contribution in [0.1, 0.15) is 16.2 Å². The minimum atomic E-state index is -0.356. The molecular weight excluding hydrogens is 476 g/mol. The number of amides is 1. The number of nitrogens with zero attached hydrogens (tertiary/aromatic N) is 4. The quantitative estimate of drug-likeness (QED) is 0.208. The van der Waals surface area contributed by atoms with Gasteiger partial charge in [0.25, 0.3) is 5.91 Å². The molecule has 0 atom stereocenters. The largest absolute Gasteiger partial charge is 0.397 e. The van der Waals surface area contributed by atoms with E-state index in [1.54, 1.807) is 36.8 Å². The third kappa shape index (κ3) is 5.46. The first-order chi connectivity index (χ1) is 18.4. The summed E-state index contributed by atoms with van der Waals surface area (Å²) in [6, 6.07) is 20.7. The molecule has 0 bridgehead atoms. The summed E-state index contributed by atoms with van der Waals surface area (Å²) < 4.78 is 0. The van der Waals surface area contributed by atoms with Crippen molar-refractivity contribution in [3.63, 3.8) is 0 Å². The van der Waals surface area contributed by atoms with Crippen LogP contribution in [0.5, 0.6) is 0 Å². The molecule has 190 valence electrons. The Balaban J connectivity index is 1.30. The second-order valence-corrected chi connectivity index (χ2v) is 9.08. The van der Waals surface area contributed by atoms with Crippen LogP contribution in [0.4, 0.5) is 39.8 Å². The molecule has 0 unspecified atom stereocenters. The Morgan fingerprint density at radius 3 is 2.34 bits per heavy atom. The molecule has 9 nitrogen and oxygen atoms in total. The van der Waals surface area contributed by atoms with Gasteiger partial charge in [-0.2, -0.15) is 0 Å². The van der Waals surface area contributed by atoms with Crippen LogP contribution in [0.15, 0.2) is 85.3 Å². The summed E-state index contributed by atoms with van der Waals surface area (Å²) >= 11 is 0. The maximum Gasteiger partial charge on any atom is 0.274 e. The van der Waals surface area contributed by atoms with Crippen molar-refractivity contribution in [2.24, 2.45) is 0 Å². The smallest absolute Gasteiger partial charge is 0.274 e. The monoisotopic (exact) mass is 504 g/mol. The fourth-order valence-electron chi connectivity index (χ4n) is 4.00. The Kier molecular flexibility index (Phi) is 6.73. The summed E-state index contributed by atoms with van der Waals surface area (Å²) in [7, 11) is 4.00. The molecule has 5 aromatic rings. The zero-order chi connectivity index (χ0) is 26.6. The molecule has 0 saturated carbocycles. The van der Waals surface area contributed by atoms with E-state index in [0.717, 1.165) is 45.0 Å². The van der Waals surface area contributed by atoms with E-state index >= 15 is 0 Å². The minimum absolute atomic E-state index is 0.271. The average Bonchev–Trinajstić information content (AvgIpc) is 2.91. The Morgan fingerprint density at radius 1 is 0.789 bits per heavy atom. The molecule has 0 saturated heterocycles. The van der Waals surface area contributed by atoms with Gasteiger partial charge in [-0.3, -0.25) is 14.8 Å². The van der Waals surface area contributed by atoms with E-state index in [0.29, 0.717) is 11.4 Å². The fourth-order valence-corrected chi connectivity index (χ4v) is 4.00. The highest BCUT2D eigenvalue weighted by Crippen LogP contribution is 2.29. The first kappa shape index (κ1) is 24.5. The van der Waals surface area contributed by atoms with Crippen LogP contribution in [0.3, 0.4) is 0 Å². The highest BCUT2D eigenvalue weighted by atomic mass is 16.1. The number of aromatic nitrogens is 3. The molecule has 0 aliphatic carbocycles. The molecule has 3 aromatic heterocycles. The molecule has 5 rings (SSSR count). The van der Waals surface area contributed by atoms with Crippen molar-refractivity contribution < 1.29 is 4.79 Å². The Morgan fingerprint density at radius 2 is 1.58 bits per heavy atom. The van der Waals surface area contributed by atoms with Crippen molar-refractivity contribution in [3.8, 4) is 0 Å². The molecule has 5 N–H and O–H groups in total. The number of hydrogen-bond acceptors (Lipinski definition) is 8. The van der Waals surface area contributed by atoms with E-state index in [9.17, 15) is 4.79 Å². The number of carbonyl (C=O) groups excluding carboxylic acids is 1. The molecule has 9 heteroatoms. The minimum Gasteiger partial charge on any atom is -0.397 e.